The molecule has 4 rings (SSSR count). The third kappa shape index (κ3) is 2.14. The molecule has 0 aliphatic heterocycles. The summed E-state index contributed by atoms with van der Waals surface area (Å²) in [6.45, 7) is -0.446. The Kier molecular flexibility index (Phi) is 3.51. The predicted molar refractivity (Wildman–Crippen MR) is 89.1 cm³/mol. The molecule has 3 aromatic rings. The summed E-state index contributed by atoms with van der Waals surface area (Å²) < 4.78 is 43.4. The molecule has 4 nitrogen and oxygen atoms in total. The monoisotopic (exact) mass is 360 g/mol. The minimum atomic E-state index is -4.91. The van der Waals surface area contributed by atoms with Gasteiger partial charge in [0.15, 0.2) is 0 Å². The van der Waals surface area contributed by atoms with Crippen LogP contribution in [-0.4, -0.2) is 26.2 Å². The molecular formula is C19H15F3N2O2. The van der Waals surface area contributed by atoms with Crippen LogP contribution in [0.15, 0.2) is 48.8 Å². The van der Waals surface area contributed by atoms with E-state index in [1.165, 1.54) is 35.1 Å². The van der Waals surface area contributed by atoms with Crippen LogP contribution in [-0.2, 0) is 19.3 Å². The molecule has 26 heavy (non-hydrogen) atoms. The maximum absolute atomic E-state index is 13.9. The van der Waals surface area contributed by atoms with Gasteiger partial charge in [-0.25, -0.2) is 0 Å². The number of benzene rings is 2. The molecule has 0 saturated carbocycles. The molecule has 0 amide bonds. The molecule has 0 bridgehead atoms. The van der Waals surface area contributed by atoms with Gasteiger partial charge >= 0.3 is 6.18 Å². The van der Waals surface area contributed by atoms with Crippen molar-refractivity contribution in [3.8, 4) is 22.3 Å². The van der Waals surface area contributed by atoms with Gasteiger partial charge in [-0.05, 0) is 34.4 Å². The van der Waals surface area contributed by atoms with E-state index in [-0.39, 0.29) is 22.3 Å². The van der Waals surface area contributed by atoms with Crippen LogP contribution in [0.3, 0.4) is 0 Å². The Balaban J connectivity index is 2.08. The third-order valence-electron chi connectivity index (χ3n) is 4.81. The summed E-state index contributed by atoms with van der Waals surface area (Å²) in [5, 5.41) is 24.6. The summed E-state index contributed by atoms with van der Waals surface area (Å²) in [6.07, 6.45) is -1.72. The molecule has 2 aromatic carbocycles. The quantitative estimate of drug-likeness (QED) is 0.737. The van der Waals surface area contributed by atoms with Crippen molar-refractivity contribution in [2.75, 3.05) is 0 Å². The first kappa shape index (κ1) is 16.8. The number of fused-ring (bicyclic) bond motifs is 3. The SMILES string of the molecule is Cn1cc(-c2cc(CO)c3c(c2)C(O)(C(F)(F)F)c2ccccc2-3)cn1. The van der Waals surface area contributed by atoms with Crippen molar-refractivity contribution >= 4 is 0 Å². The zero-order chi connectivity index (χ0) is 18.7. The largest absolute Gasteiger partial charge is 0.425 e. The Morgan fingerprint density at radius 2 is 1.85 bits per heavy atom. The lowest BCUT2D eigenvalue weighted by atomic mass is 9.88. The van der Waals surface area contributed by atoms with E-state index < -0.39 is 18.4 Å². The van der Waals surface area contributed by atoms with Crippen molar-refractivity contribution in [3.05, 3.63) is 65.5 Å². The van der Waals surface area contributed by atoms with Crippen LogP contribution in [0.5, 0.6) is 0 Å². The number of rotatable bonds is 2. The number of alkyl halides is 3. The lowest BCUT2D eigenvalue weighted by Crippen LogP contribution is -2.41. The molecule has 1 unspecified atom stereocenters. The first-order chi connectivity index (χ1) is 12.3. The van der Waals surface area contributed by atoms with Crippen LogP contribution in [0.25, 0.3) is 22.3 Å². The summed E-state index contributed by atoms with van der Waals surface area (Å²) in [7, 11) is 1.70. The Morgan fingerprint density at radius 1 is 1.12 bits per heavy atom. The lowest BCUT2D eigenvalue weighted by Gasteiger charge is -2.28. The average molecular weight is 360 g/mol. The number of nitrogens with zero attached hydrogens (tertiary/aromatic N) is 2. The fourth-order valence-corrected chi connectivity index (χ4v) is 3.63. The second-order valence-corrected chi connectivity index (χ2v) is 6.37. The molecule has 1 heterocycles. The van der Waals surface area contributed by atoms with Crippen LogP contribution in [0, 0.1) is 0 Å². The number of aliphatic hydroxyl groups is 2. The fraction of sp³-hybridized carbons (Fsp3) is 0.211. The maximum Gasteiger partial charge on any atom is 0.425 e. The molecule has 0 fully saturated rings. The number of aliphatic hydroxyl groups excluding tert-OH is 1. The number of hydrogen-bond donors (Lipinski definition) is 2. The lowest BCUT2D eigenvalue weighted by molar-refractivity contribution is -0.246. The van der Waals surface area contributed by atoms with Crippen LogP contribution in [0.4, 0.5) is 13.2 Å². The Labute approximate surface area is 147 Å². The molecular weight excluding hydrogens is 345 g/mol. The van der Waals surface area contributed by atoms with Crippen LogP contribution < -0.4 is 0 Å². The highest BCUT2D eigenvalue weighted by Gasteiger charge is 2.61. The van der Waals surface area contributed by atoms with Gasteiger partial charge in [-0.15, -0.1) is 0 Å². The zero-order valence-electron chi connectivity index (χ0n) is 13.7. The van der Waals surface area contributed by atoms with Gasteiger partial charge in [0, 0.05) is 29.9 Å². The number of hydrogen-bond acceptors (Lipinski definition) is 3. The van der Waals surface area contributed by atoms with Gasteiger partial charge in [0.2, 0.25) is 5.60 Å². The Hall–Kier alpha value is -2.64. The molecule has 0 saturated heterocycles. The fourth-order valence-electron chi connectivity index (χ4n) is 3.63. The number of halogens is 3. The minimum Gasteiger partial charge on any atom is -0.392 e. The summed E-state index contributed by atoms with van der Waals surface area (Å²) in [4.78, 5) is 0. The first-order valence-corrected chi connectivity index (χ1v) is 7.93. The van der Waals surface area contributed by atoms with Crippen LogP contribution in [0.2, 0.25) is 0 Å². The van der Waals surface area contributed by atoms with Gasteiger partial charge in [0.05, 0.1) is 12.8 Å². The van der Waals surface area contributed by atoms with E-state index in [2.05, 4.69) is 5.10 Å². The van der Waals surface area contributed by atoms with E-state index in [1.54, 1.807) is 25.4 Å². The number of aromatic nitrogens is 2. The first-order valence-electron chi connectivity index (χ1n) is 7.93. The molecule has 0 radical (unpaired) electrons. The van der Waals surface area contributed by atoms with E-state index in [0.29, 0.717) is 16.7 Å². The highest BCUT2D eigenvalue weighted by molar-refractivity contribution is 5.86. The van der Waals surface area contributed by atoms with Crippen LogP contribution in [0.1, 0.15) is 16.7 Å². The smallest absolute Gasteiger partial charge is 0.392 e. The summed E-state index contributed by atoms with van der Waals surface area (Å²) in [6, 6.07) is 8.84. The van der Waals surface area contributed by atoms with Gasteiger partial charge in [-0.1, -0.05) is 24.3 Å². The van der Waals surface area contributed by atoms with E-state index in [1.807, 2.05) is 0 Å². The summed E-state index contributed by atoms with van der Waals surface area (Å²) in [5.41, 5.74) is -1.71. The Morgan fingerprint density at radius 3 is 2.46 bits per heavy atom. The van der Waals surface area contributed by atoms with Gasteiger partial charge < -0.3 is 10.2 Å². The minimum absolute atomic E-state index is 0.222. The van der Waals surface area contributed by atoms with Gasteiger partial charge in [-0.3, -0.25) is 4.68 Å². The van der Waals surface area contributed by atoms with Crippen LogP contribution >= 0.6 is 0 Å². The van der Waals surface area contributed by atoms with Crippen molar-refractivity contribution in [2.45, 2.75) is 18.4 Å². The van der Waals surface area contributed by atoms with Crippen molar-refractivity contribution in [1.82, 2.24) is 9.78 Å². The molecule has 0 spiro atoms. The molecule has 7 heteroatoms. The van der Waals surface area contributed by atoms with Gasteiger partial charge in [0.1, 0.15) is 0 Å². The highest BCUT2D eigenvalue weighted by Crippen LogP contribution is 2.56. The third-order valence-corrected chi connectivity index (χ3v) is 4.81. The zero-order valence-corrected chi connectivity index (χ0v) is 13.7. The molecule has 1 aromatic heterocycles. The highest BCUT2D eigenvalue weighted by atomic mass is 19.4. The van der Waals surface area contributed by atoms with E-state index in [4.69, 9.17) is 0 Å². The summed E-state index contributed by atoms with van der Waals surface area (Å²) >= 11 is 0. The van der Waals surface area contributed by atoms with Crippen molar-refractivity contribution in [1.29, 1.82) is 0 Å². The van der Waals surface area contributed by atoms with E-state index in [0.717, 1.165) is 0 Å². The van der Waals surface area contributed by atoms with Crippen molar-refractivity contribution < 1.29 is 23.4 Å². The van der Waals surface area contributed by atoms with Crippen molar-refractivity contribution in [2.24, 2.45) is 7.05 Å². The molecule has 1 atom stereocenters. The second kappa shape index (κ2) is 5.43. The number of aryl methyl sites for hydroxylation is 1. The summed E-state index contributed by atoms with van der Waals surface area (Å²) in [5.74, 6) is 0. The Bertz CT molecular complexity index is 1010. The van der Waals surface area contributed by atoms with Gasteiger partial charge in [0.25, 0.3) is 0 Å². The van der Waals surface area contributed by atoms with E-state index in [9.17, 15) is 23.4 Å². The predicted octanol–water partition coefficient (Wildman–Crippen LogP) is 3.36. The normalized spacial score (nSPS) is 18.7. The topological polar surface area (TPSA) is 58.3 Å². The molecule has 134 valence electrons. The molecule has 1 aliphatic carbocycles. The van der Waals surface area contributed by atoms with E-state index >= 15 is 0 Å². The standard InChI is InChI=1S/C19H15F3N2O2/c1-24-9-13(8-23-24)11-6-12(10-25)17-14-4-2-3-5-15(14)18(26,16(17)7-11)19(20,21)22/h2-9,25-26H,10H2,1H3. The second-order valence-electron chi connectivity index (χ2n) is 6.37. The molecule has 1 aliphatic rings. The van der Waals surface area contributed by atoms with Crippen molar-refractivity contribution in [3.63, 3.8) is 0 Å². The average Bonchev–Trinajstić information content (AvgIpc) is 3.15. The molecule has 2 N–H and O–H groups in total. The maximum atomic E-state index is 13.9. The van der Waals surface area contributed by atoms with Gasteiger partial charge in [-0.2, -0.15) is 18.3 Å².